The van der Waals surface area contributed by atoms with Crippen molar-refractivity contribution < 1.29 is 4.42 Å². The molecule has 6 nitrogen and oxygen atoms in total. The molecule has 1 atom stereocenters. The van der Waals surface area contributed by atoms with Crippen LogP contribution < -0.4 is 10.9 Å². The number of benzene rings is 2. The zero-order valence-corrected chi connectivity index (χ0v) is 17.9. The topological polar surface area (TPSA) is 85.1 Å². The zero-order chi connectivity index (χ0) is 21.9. The minimum atomic E-state index is -0.318. The van der Waals surface area contributed by atoms with Crippen LogP contribution in [0, 0.1) is 11.3 Å². The van der Waals surface area contributed by atoms with Crippen molar-refractivity contribution in [3.05, 3.63) is 81.8 Å². The number of hydrogen-bond acceptors (Lipinski definition) is 5. The lowest BCUT2D eigenvalue weighted by molar-refractivity contribution is 0.159. The minimum Gasteiger partial charge on any atom is -0.423 e. The Balaban J connectivity index is 1.27. The van der Waals surface area contributed by atoms with Gasteiger partial charge in [0.05, 0.1) is 11.6 Å². The lowest BCUT2D eigenvalue weighted by Gasteiger charge is -2.36. The maximum Gasteiger partial charge on any atom is 0.336 e. The van der Waals surface area contributed by atoms with E-state index in [1.807, 2.05) is 30.5 Å². The van der Waals surface area contributed by atoms with Gasteiger partial charge in [0.25, 0.3) is 0 Å². The predicted molar refractivity (Wildman–Crippen MR) is 126 cm³/mol. The number of aromatic nitrogens is 1. The number of hydrogen-bond donors (Lipinski definition) is 2. The molecule has 2 aromatic carbocycles. The number of fused-ring (bicyclic) bond motifs is 2. The van der Waals surface area contributed by atoms with Crippen molar-refractivity contribution in [3.63, 3.8) is 0 Å². The van der Waals surface area contributed by atoms with Crippen LogP contribution in [-0.2, 0) is 6.42 Å². The first kappa shape index (κ1) is 20.5. The van der Waals surface area contributed by atoms with E-state index >= 15 is 0 Å². The van der Waals surface area contributed by atoms with Gasteiger partial charge in [0.2, 0.25) is 0 Å². The number of H-pyrrole nitrogens is 1. The van der Waals surface area contributed by atoms with E-state index in [0.29, 0.717) is 11.6 Å². The average Bonchev–Trinajstić information content (AvgIpc) is 3.31. The highest BCUT2D eigenvalue weighted by Gasteiger charge is 2.23. The Kier molecular flexibility index (Phi) is 5.76. The van der Waals surface area contributed by atoms with E-state index in [0.717, 1.165) is 72.9 Å². The fraction of sp³-hybridized carbons (Fsp3) is 0.308. The summed E-state index contributed by atoms with van der Waals surface area (Å²) in [6.45, 7) is 3.91. The molecule has 0 saturated carbocycles. The fourth-order valence-corrected chi connectivity index (χ4v) is 4.83. The van der Waals surface area contributed by atoms with Gasteiger partial charge in [0.15, 0.2) is 0 Å². The number of unbranched alkanes of at least 4 members (excludes halogenated alkanes) is 1. The lowest BCUT2D eigenvalue weighted by atomic mass is 9.98. The van der Waals surface area contributed by atoms with Crippen LogP contribution in [0.25, 0.3) is 21.9 Å². The summed E-state index contributed by atoms with van der Waals surface area (Å²) >= 11 is 0. The standard InChI is InChI=1S/C26H26N4O2/c27-16-20-4-7-23-22(10-11-29-23)21(20)3-1-2-13-30-14-12-28-17-24(30)18-5-8-25-19(15-18)6-9-26(31)32-25/h4-11,15,24,28-29H,1-3,12-14,17H2. The number of rotatable bonds is 6. The third kappa shape index (κ3) is 4.05. The molecule has 2 N–H and O–H groups in total. The number of nitrogens with one attached hydrogen (secondary N) is 2. The summed E-state index contributed by atoms with van der Waals surface area (Å²) in [5, 5.41) is 15.2. The summed E-state index contributed by atoms with van der Waals surface area (Å²) in [5.74, 6) is 0. The number of aryl methyl sites for hydroxylation is 1. The van der Waals surface area contributed by atoms with Crippen LogP contribution in [0.4, 0.5) is 0 Å². The number of nitriles is 1. The van der Waals surface area contributed by atoms with Crippen LogP contribution in [0.1, 0.15) is 35.6 Å². The molecule has 1 unspecified atom stereocenters. The van der Waals surface area contributed by atoms with E-state index in [-0.39, 0.29) is 5.63 Å². The van der Waals surface area contributed by atoms with Crippen LogP contribution in [0.5, 0.6) is 0 Å². The zero-order valence-electron chi connectivity index (χ0n) is 17.9. The van der Waals surface area contributed by atoms with Gasteiger partial charge in [0.1, 0.15) is 5.58 Å². The van der Waals surface area contributed by atoms with E-state index < -0.39 is 0 Å². The molecule has 1 saturated heterocycles. The lowest BCUT2D eigenvalue weighted by Crippen LogP contribution is -2.46. The minimum absolute atomic E-state index is 0.294. The van der Waals surface area contributed by atoms with Gasteiger partial charge in [-0.25, -0.2) is 4.79 Å². The second-order valence-corrected chi connectivity index (χ2v) is 8.41. The van der Waals surface area contributed by atoms with Crippen molar-refractivity contribution in [2.24, 2.45) is 0 Å². The molecule has 0 aliphatic carbocycles. The van der Waals surface area contributed by atoms with E-state index in [9.17, 15) is 10.1 Å². The first-order chi connectivity index (χ1) is 15.7. The van der Waals surface area contributed by atoms with Gasteiger partial charge in [0, 0.05) is 54.2 Å². The summed E-state index contributed by atoms with van der Waals surface area (Å²) in [5.41, 5.74) is 4.57. The van der Waals surface area contributed by atoms with Gasteiger partial charge in [-0.05, 0) is 73.3 Å². The van der Waals surface area contributed by atoms with Gasteiger partial charge in [-0.3, -0.25) is 4.90 Å². The van der Waals surface area contributed by atoms with Gasteiger partial charge < -0.3 is 14.7 Å². The molecular weight excluding hydrogens is 400 g/mol. The van der Waals surface area contributed by atoms with Crippen LogP contribution >= 0.6 is 0 Å². The average molecular weight is 427 g/mol. The van der Waals surface area contributed by atoms with Crippen molar-refractivity contribution in [1.82, 2.24) is 15.2 Å². The highest BCUT2D eigenvalue weighted by Crippen LogP contribution is 2.27. The summed E-state index contributed by atoms with van der Waals surface area (Å²) < 4.78 is 5.29. The number of nitrogens with zero attached hydrogens (tertiary/aromatic N) is 2. The van der Waals surface area contributed by atoms with Crippen LogP contribution in [0.15, 0.2) is 63.9 Å². The number of aromatic amines is 1. The molecule has 0 bridgehead atoms. The van der Waals surface area contributed by atoms with Crippen molar-refractivity contribution >= 4 is 21.9 Å². The Morgan fingerprint density at radius 1 is 1.12 bits per heavy atom. The molecule has 5 rings (SSSR count). The van der Waals surface area contributed by atoms with Gasteiger partial charge in [-0.15, -0.1) is 0 Å². The second-order valence-electron chi connectivity index (χ2n) is 8.41. The highest BCUT2D eigenvalue weighted by atomic mass is 16.4. The van der Waals surface area contributed by atoms with Crippen LogP contribution in [0.2, 0.25) is 0 Å². The molecule has 0 spiro atoms. The predicted octanol–water partition coefficient (Wildman–Crippen LogP) is 4.12. The second kappa shape index (κ2) is 8.99. The third-order valence-electron chi connectivity index (χ3n) is 6.47. The van der Waals surface area contributed by atoms with E-state index in [1.165, 1.54) is 11.6 Å². The van der Waals surface area contributed by atoms with E-state index in [1.54, 1.807) is 0 Å². The molecule has 6 heteroatoms. The van der Waals surface area contributed by atoms with Crippen LogP contribution in [-0.4, -0.2) is 36.1 Å². The summed E-state index contributed by atoms with van der Waals surface area (Å²) in [6, 6.07) is 18.0. The Hall–Kier alpha value is -3.40. The molecule has 2 aromatic heterocycles. The molecule has 162 valence electrons. The molecule has 3 heterocycles. The van der Waals surface area contributed by atoms with Crippen molar-refractivity contribution in [2.75, 3.05) is 26.2 Å². The molecular formula is C26H26N4O2. The van der Waals surface area contributed by atoms with Gasteiger partial charge >= 0.3 is 5.63 Å². The Bertz CT molecular complexity index is 1350. The maximum absolute atomic E-state index is 11.5. The van der Waals surface area contributed by atoms with Crippen LogP contribution in [0.3, 0.4) is 0 Å². The number of piperazine rings is 1. The highest BCUT2D eigenvalue weighted by molar-refractivity contribution is 5.85. The monoisotopic (exact) mass is 426 g/mol. The van der Waals surface area contributed by atoms with E-state index in [2.05, 4.69) is 39.5 Å². The maximum atomic E-state index is 11.5. The first-order valence-electron chi connectivity index (χ1n) is 11.2. The summed E-state index contributed by atoms with van der Waals surface area (Å²) in [6.07, 6.45) is 4.96. The normalized spacial score (nSPS) is 17.0. The van der Waals surface area contributed by atoms with Gasteiger partial charge in [-0.2, -0.15) is 5.26 Å². The summed E-state index contributed by atoms with van der Waals surface area (Å²) in [4.78, 5) is 17.2. The SMILES string of the molecule is N#Cc1ccc2[nH]ccc2c1CCCCN1CCNCC1c1ccc2oc(=O)ccc2c1. The smallest absolute Gasteiger partial charge is 0.336 e. The molecule has 32 heavy (non-hydrogen) atoms. The quantitative estimate of drug-likeness (QED) is 0.358. The molecule has 4 aromatic rings. The van der Waals surface area contributed by atoms with Gasteiger partial charge in [-0.1, -0.05) is 6.07 Å². The Morgan fingerprint density at radius 2 is 2.06 bits per heavy atom. The van der Waals surface area contributed by atoms with E-state index in [4.69, 9.17) is 4.42 Å². The van der Waals surface area contributed by atoms with Crippen molar-refractivity contribution in [1.29, 1.82) is 5.26 Å². The Morgan fingerprint density at radius 3 is 2.97 bits per heavy atom. The molecule has 1 aliphatic rings. The van der Waals surface area contributed by atoms with Crippen molar-refractivity contribution in [3.8, 4) is 6.07 Å². The summed E-state index contributed by atoms with van der Waals surface area (Å²) in [7, 11) is 0. The fourth-order valence-electron chi connectivity index (χ4n) is 4.83. The third-order valence-corrected chi connectivity index (χ3v) is 6.47. The molecule has 0 radical (unpaired) electrons. The first-order valence-corrected chi connectivity index (χ1v) is 11.2. The van der Waals surface area contributed by atoms with Crippen molar-refractivity contribution in [2.45, 2.75) is 25.3 Å². The Labute approximate surface area is 186 Å². The molecule has 0 amide bonds. The molecule has 1 fully saturated rings. The largest absolute Gasteiger partial charge is 0.423 e. The molecule has 1 aliphatic heterocycles.